The smallest absolute Gasteiger partial charge is 0.0235 e. The van der Waals surface area contributed by atoms with Crippen molar-refractivity contribution in [1.29, 1.82) is 0 Å². The van der Waals surface area contributed by atoms with Gasteiger partial charge in [0, 0.05) is 32.2 Å². The highest BCUT2D eigenvalue weighted by atomic mass is 15.2. The van der Waals surface area contributed by atoms with Gasteiger partial charge in [0.05, 0.1) is 0 Å². The lowest BCUT2D eigenvalue weighted by Gasteiger charge is -2.38. The van der Waals surface area contributed by atoms with Gasteiger partial charge in [-0.3, -0.25) is 0 Å². The van der Waals surface area contributed by atoms with Crippen LogP contribution in [0.3, 0.4) is 0 Å². The Morgan fingerprint density at radius 1 is 1.14 bits per heavy atom. The van der Waals surface area contributed by atoms with Gasteiger partial charge in [-0.05, 0) is 30.2 Å². The minimum absolute atomic E-state index is 0.625. The Hall–Kier alpha value is -0.860. The van der Waals surface area contributed by atoms with Crippen LogP contribution in [-0.2, 0) is 6.42 Å². The molecule has 0 aromatic heterocycles. The molecule has 1 aliphatic carbocycles. The predicted molar refractivity (Wildman–Crippen MR) is 89.5 cm³/mol. The van der Waals surface area contributed by atoms with Crippen molar-refractivity contribution in [1.82, 2.24) is 10.2 Å². The first-order chi connectivity index (χ1) is 10.3. The monoisotopic (exact) mass is 286 g/mol. The molecule has 1 N–H and O–H groups in total. The molecule has 2 fully saturated rings. The van der Waals surface area contributed by atoms with E-state index >= 15 is 0 Å². The number of benzene rings is 1. The summed E-state index contributed by atoms with van der Waals surface area (Å²) in [7, 11) is 0. The van der Waals surface area contributed by atoms with E-state index in [1.807, 2.05) is 0 Å². The Bertz CT molecular complexity index is 417. The molecule has 0 spiro atoms. The maximum Gasteiger partial charge on any atom is 0.0235 e. The maximum atomic E-state index is 3.70. The van der Waals surface area contributed by atoms with E-state index in [1.54, 1.807) is 0 Å². The summed E-state index contributed by atoms with van der Waals surface area (Å²) in [4.78, 5) is 2.72. The Labute approximate surface area is 129 Å². The van der Waals surface area contributed by atoms with Gasteiger partial charge in [0.25, 0.3) is 0 Å². The van der Waals surface area contributed by atoms with Gasteiger partial charge in [-0.15, -0.1) is 0 Å². The lowest BCUT2D eigenvalue weighted by Crippen LogP contribution is -2.53. The van der Waals surface area contributed by atoms with Crippen molar-refractivity contribution in [2.24, 2.45) is 11.8 Å². The summed E-state index contributed by atoms with van der Waals surface area (Å²) < 4.78 is 0. The van der Waals surface area contributed by atoms with Crippen LogP contribution in [-0.4, -0.2) is 37.1 Å². The average Bonchev–Trinajstić information content (AvgIpc) is 2.51. The summed E-state index contributed by atoms with van der Waals surface area (Å²) in [6, 6.07) is 11.5. The van der Waals surface area contributed by atoms with E-state index in [4.69, 9.17) is 0 Å². The lowest BCUT2D eigenvalue weighted by molar-refractivity contribution is 0.129. The van der Waals surface area contributed by atoms with Crippen molar-refractivity contribution in [3.63, 3.8) is 0 Å². The van der Waals surface area contributed by atoms with Crippen LogP contribution in [0.25, 0.3) is 0 Å². The second-order valence-corrected chi connectivity index (χ2v) is 7.12. The zero-order valence-electron chi connectivity index (χ0n) is 13.4. The summed E-state index contributed by atoms with van der Waals surface area (Å²) in [6.45, 7) is 7.40. The number of nitrogens with one attached hydrogen (secondary N) is 1. The highest BCUT2D eigenvalue weighted by molar-refractivity contribution is 5.16. The Balaban J connectivity index is 1.51. The van der Waals surface area contributed by atoms with Gasteiger partial charge >= 0.3 is 0 Å². The van der Waals surface area contributed by atoms with Crippen molar-refractivity contribution in [3.8, 4) is 0 Å². The van der Waals surface area contributed by atoms with E-state index in [0.717, 1.165) is 24.8 Å². The highest BCUT2D eigenvalue weighted by Gasteiger charge is 2.26. The summed E-state index contributed by atoms with van der Waals surface area (Å²) in [5.74, 6) is 1.87. The van der Waals surface area contributed by atoms with E-state index < -0.39 is 0 Å². The van der Waals surface area contributed by atoms with Gasteiger partial charge in [0.2, 0.25) is 0 Å². The van der Waals surface area contributed by atoms with Gasteiger partial charge in [-0.1, -0.05) is 56.5 Å². The standard InChI is InChI=1S/C19H30N2/c1-16-7-5-6-10-18(16)14-21-12-11-20-19(15-21)13-17-8-3-2-4-9-17/h2-4,8-9,16,18-20H,5-7,10-15H2,1H3. The molecule has 1 saturated heterocycles. The molecule has 1 heterocycles. The molecular formula is C19H30N2. The van der Waals surface area contributed by atoms with Crippen LogP contribution in [0, 0.1) is 11.8 Å². The first-order valence-corrected chi connectivity index (χ1v) is 8.81. The fourth-order valence-electron chi connectivity index (χ4n) is 4.09. The summed E-state index contributed by atoms with van der Waals surface area (Å²) in [5, 5.41) is 3.70. The molecule has 1 aliphatic heterocycles. The van der Waals surface area contributed by atoms with Crippen molar-refractivity contribution >= 4 is 0 Å². The first-order valence-electron chi connectivity index (χ1n) is 8.81. The van der Waals surface area contributed by atoms with Crippen LogP contribution in [0.2, 0.25) is 0 Å². The molecule has 116 valence electrons. The van der Waals surface area contributed by atoms with Crippen molar-refractivity contribution in [2.45, 2.75) is 45.1 Å². The summed E-state index contributed by atoms with van der Waals surface area (Å²) in [5.41, 5.74) is 1.46. The van der Waals surface area contributed by atoms with Crippen LogP contribution < -0.4 is 5.32 Å². The average molecular weight is 286 g/mol. The molecule has 1 saturated carbocycles. The van der Waals surface area contributed by atoms with Crippen LogP contribution >= 0.6 is 0 Å². The molecule has 1 aromatic carbocycles. The Morgan fingerprint density at radius 3 is 2.76 bits per heavy atom. The van der Waals surface area contributed by atoms with E-state index in [1.165, 1.54) is 50.9 Å². The third kappa shape index (κ3) is 4.31. The van der Waals surface area contributed by atoms with E-state index in [2.05, 4.69) is 47.5 Å². The fraction of sp³-hybridized carbons (Fsp3) is 0.684. The van der Waals surface area contributed by atoms with Crippen LogP contribution in [0.4, 0.5) is 0 Å². The molecule has 2 heteroatoms. The number of nitrogens with zero attached hydrogens (tertiary/aromatic N) is 1. The predicted octanol–water partition coefficient (Wildman–Crippen LogP) is 3.33. The summed E-state index contributed by atoms with van der Waals surface area (Å²) >= 11 is 0. The largest absolute Gasteiger partial charge is 0.311 e. The normalized spacial score (nSPS) is 31.2. The second kappa shape index (κ2) is 7.42. The van der Waals surface area contributed by atoms with E-state index in [9.17, 15) is 0 Å². The second-order valence-electron chi connectivity index (χ2n) is 7.12. The SMILES string of the molecule is CC1CCCCC1CN1CCNC(Cc2ccccc2)C1. The molecule has 0 amide bonds. The van der Waals surface area contributed by atoms with Crippen molar-refractivity contribution in [2.75, 3.05) is 26.2 Å². The Morgan fingerprint density at radius 2 is 1.95 bits per heavy atom. The molecule has 1 aromatic rings. The zero-order chi connectivity index (χ0) is 14.5. The van der Waals surface area contributed by atoms with Crippen molar-refractivity contribution in [3.05, 3.63) is 35.9 Å². The zero-order valence-corrected chi connectivity index (χ0v) is 13.4. The minimum Gasteiger partial charge on any atom is -0.311 e. The van der Waals surface area contributed by atoms with Crippen molar-refractivity contribution < 1.29 is 0 Å². The molecule has 0 radical (unpaired) electrons. The quantitative estimate of drug-likeness (QED) is 0.913. The minimum atomic E-state index is 0.625. The number of piperazine rings is 1. The van der Waals surface area contributed by atoms with Gasteiger partial charge in [0.1, 0.15) is 0 Å². The topological polar surface area (TPSA) is 15.3 Å². The van der Waals surface area contributed by atoms with Gasteiger partial charge in [0.15, 0.2) is 0 Å². The van der Waals surface area contributed by atoms with Crippen LogP contribution in [0.15, 0.2) is 30.3 Å². The molecule has 3 rings (SSSR count). The van der Waals surface area contributed by atoms with Crippen LogP contribution in [0.1, 0.15) is 38.2 Å². The van der Waals surface area contributed by atoms with Crippen LogP contribution in [0.5, 0.6) is 0 Å². The maximum absolute atomic E-state index is 3.70. The first kappa shape index (κ1) is 15.1. The third-order valence-electron chi connectivity index (χ3n) is 5.45. The number of rotatable bonds is 4. The van der Waals surface area contributed by atoms with Gasteiger partial charge in [-0.25, -0.2) is 0 Å². The van der Waals surface area contributed by atoms with Gasteiger partial charge < -0.3 is 10.2 Å². The van der Waals surface area contributed by atoms with E-state index in [-0.39, 0.29) is 0 Å². The molecule has 3 atom stereocenters. The number of hydrogen-bond donors (Lipinski definition) is 1. The fourth-order valence-corrected chi connectivity index (χ4v) is 4.09. The Kier molecular flexibility index (Phi) is 5.32. The lowest BCUT2D eigenvalue weighted by atomic mass is 9.80. The molecule has 0 bridgehead atoms. The molecule has 2 nitrogen and oxygen atoms in total. The molecular weight excluding hydrogens is 256 g/mol. The molecule has 2 aliphatic rings. The van der Waals surface area contributed by atoms with Gasteiger partial charge in [-0.2, -0.15) is 0 Å². The third-order valence-corrected chi connectivity index (χ3v) is 5.45. The molecule has 3 unspecified atom stereocenters. The van der Waals surface area contributed by atoms with E-state index in [0.29, 0.717) is 6.04 Å². The number of hydrogen-bond acceptors (Lipinski definition) is 2. The highest BCUT2D eigenvalue weighted by Crippen LogP contribution is 2.30. The molecule has 21 heavy (non-hydrogen) atoms. The summed E-state index contributed by atoms with van der Waals surface area (Å²) in [6.07, 6.45) is 6.97.